The van der Waals surface area contributed by atoms with Crippen LogP contribution in [0, 0.1) is 0 Å². The summed E-state index contributed by atoms with van der Waals surface area (Å²) in [5.41, 5.74) is 1.50. The first kappa shape index (κ1) is 13.8. The molecule has 0 atom stereocenters. The van der Waals surface area contributed by atoms with Crippen LogP contribution in [-0.4, -0.2) is 22.6 Å². The van der Waals surface area contributed by atoms with Gasteiger partial charge in [-0.05, 0) is 42.7 Å². The van der Waals surface area contributed by atoms with E-state index in [4.69, 9.17) is 4.74 Å². The summed E-state index contributed by atoms with van der Waals surface area (Å²) in [6.07, 6.45) is 3.55. The fourth-order valence-corrected chi connectivity index (χ4v) is 2.93. The lowest BCUT2D eigenvalue weighted by atomic mass is 9.95. The van der Waals surface area contributed by atoms with Crippen molar-refractivity contribution in [1.82, 2.24) is 9.61 Å². The minimum Gasteiger partial charge on any atom is -0.497 e. The molecular formula is C18H17N3O2. The Morgan fingerprint density at radius 2 is 2.09 bits per heavy atom. The maximum absolute atomic E-state index is 12.8. The fourth-order valence-electron chi connectivity index (χ4n) is 2.93. The second kappa shape index (κ2) is 5.12. The third kappa shape index (κ3) is 2.34. The molecule has 5 heteroatoms. The van der Waals surface area contributed by atoms with Crippen molar-refractivity contribution in [2.45, 2.75) is 18.3 Å². The Kier molecular flexibility index (Phi) is 3.08. The van der Waals surface area contributed by atoms with E-state index in [0.717, 1.165) is 29.7 Å². The highest BCUT2D eigenvalue weighted by molar-refractivity contribution is 6.01. The minimum atomic E-state index is -0.454. The van der Waals surface area contributed by atoms with Gasteiger partial charge >= 0.3 is 0 Å². The number of anilines is 1. The molecule has 1 fully saturated rings. The van der Waals surface area contributed by atoms with Gasteiger partial charge in [-0.25, -0.2) is 4.52 Å². The van der Waals surface area contributed by atoms with Crippen LogP contribution in [0.25, 0.3) is 5.52 Å². The van der Waals surface area contributed by atoms with E-state index in [0.29, 0.717) is 5.82 Å². The minimum absolute atomic E-state index is 0.00541. The monoisotopic (exact) mass is 307 g/mol. The Morgan fingerprint density at radius 1 is 1.22 bits per heavy atom. The zero-order valence-electron chi connectivity index (χ0n) is 12.8. The zero-order chi connectivity index (χ0) is 15.9. The largest absolute Gasteiger partial charge is 0.497 e. The molecule has 1 N–H and O–H groups in total. The van der Waals surface area contributed by atoms with Crippen molar-refractivity contribution in [3.63, 3.8) is 0 Å². The van der Waals surface area contributed by atoms with Crippen LogP contribution in [0.3, 0.4) is 0 Å². The number of amides is 1. The average Bonchev–Trinajstić information content (AvgIpc) is 3.30. The first-order valence-electron chi connectivity index (χ1n) is 7.62. The van der Waals surface area contributed by atoms with Crippen LogP contribution in [0.2, 0.25) is 0 Å². The smallest absolute Gasteiger partial charge is 0.236 e. The molecule has 2 heterocycles. The summed E-state index contributed by atoms with van der Waals surface area (Å²) in [5, 5.41) is 7.34. The standard InChI is InChI=1S/C18H17N3O2/c1-23-15-7-4-5-13(11-15)18(8-9-18)17(22)19-16-12-14-6-2-3-10-21(14)20-16/h2-7,10-12H,8-9H2,1H3,(H,19,20,22). The molecule has 1 saturated carbocycles. The number of pyridine rings is 1. The highest BCUT2D eigenvalue weighted by Gasteiger charge is 2.51. The Hall–Kier alpha value is -2.82. The van der Waals surface area contributed by atoms with Crippen molar-refractivity contribution in [3.05, 3.63) is 60.3 Å². The number of aromatic nitrogens is 2. The van der Waals surface area contributed by atoms with Gasteiger partial charge in [0.25, 0.3) is 0 Å². The second-order valence-electron chi connectivity index (χ2n) is 5.87. The van der Waals surface area contributed by atoms with E-state index in [-0.39, 0.29) is 5.91 Å². The van der Waals surface area contributed by atoms with Gasteiger partial charge in [0.1, 0.15) is 5.75 Å². The van der Waals surface area contributed by atoms with Crippen LogP contribution in [0.1, 0.15) is 18.4 Å². The van der Waals surface area contributed by atoms with Crippen molar-refractivity contribution in [3.8, 4) is 5.75 Å². The van der Waals surface area contributed by atoms with E-state index in [9.17, 15) is 4.79 Å². The molecule has 23 heavy (non-hydrogen) atoms. The van der Waals surface area contributed by atoms with Gasteiger partial charge in [-0.1, -0.05) is 18.2 Å². The van der Waals surface area contributed by atoms with Crippen LogP contribution in [0.15, 0.2) is 54.7 Å². The molecule has 0 saturated heterocycles. The van der Waals surface area contributed by atoms with E-state index in [1.54, 1.807) is 11.6 Å². The van der Waals surface area contributed by atoms with E-state index in [1.165, 1.54) is 0 Å². The number of carbonyl (C=O) groups excluding carboxylic acids is 1. The molecule has 1 aliphatic rings. The van der Waals surface area contributed by atoms with Crippen LogP contribution in [0.4, 0.5) is 5.82 Å². The number of methoxy groups -OCH3 is 1. The lowest BCUT2D eigenvalue weighted by Gasteiger charge is -2.15. The maximum Gasteiger partial charge on any atom is 0.236 e. The van der Waals surface area contributed by atoms with Crippen LogP contribution >= 0.6 is 0 Å². The zero-order valence-corrected chi connectivity index (χ0v) is 12.8. The van der Waals surface area contributed by atoms with Gasteiger partial charge in [-0.15, -0.1) is 0 Å². The van der Waals surface area contributed by atoms with Gasteiger partial charge in [-0.2, -0.15) is 5.10 Å². The van der Waals surface area contributed by atoms with Crippen LogP contribution in [-0.2, 0) is 10.2 Å². The molecule has 0 bridgehead atoms. The summed E-state index contributed by atoms with van der Waals surface area (Å²) in [6.45, 7) is 0. The number of carbonyl (C=O) groups is 1. The average molecular weight is 307 g/mol. The van der Waals surface area contributed by atoms with Gasteiger partial charge < -0.3 is 10.1 Å². The van der Waals surface area contributed by atoms with Gasteiger partial charge in [0.15, 0.2) is 5.82 Å². The Labute approximate surface area is 133 Å². The normalized spacial score (nSPS) is 15.3. The van der Waals surface area contributed by atoms with Crippen molar-refractivity contribution in [2.24, 2.45) is 0 Å². The number of rotatable bonds is 4. The summed E-state index contributed by atoms with van der Waals surface area (Å²) < 4.78 is 7.02. The predicted octanol–water partition coefficient (Wildman–Crippen LogP) is 3.01. The molecule has 3 aromatic rings. The SMILES string of the molecule is COc1cccc(C2(C(=O)Nc3cc4ccccn4n3)CC2)c1. The molecule has 116 valence electrons. The third-order valence-electron chi connectivity index (χ3n) is 4.42. The van der Waals surface area contributed by atoms with Gasteiger partial charge in [-0.3, -0.25) is 4.79 Å². The van der Waals surface area contributed by atoms with Crippen molar-refractivity contribution < 1.29 is 9.53 Å². The molecule has 1 aliphatic carbocycles. The molecule has 4 rings (SSSR count). The molecule has 0 radical (unpaired) electrons. The van der Waals surface area contributed by atoms with E-state index in [2.05, 4.69) is 10.4 Å². The van der Waals surface area contributed by atoms with Gasteiger partial charge in [0.05, 0.1) is 18.0 Å². The van der Waals surface area contributed by atoms with E-state index < -0.39 is 5.41 Å². The summed E-state index contributed by atoms with van der Waals surface area (Å²) >= 11 is 0. The molecule has 0 spiro atoms. The molecule has 0 aliphatic heterocycles. The van der Waals surface area contributed by atoms with Crippen molar-refractivity contribution in [1.29, 1.82) is 0 Å². The number of benzene rings is 1. The summed E-state index contributed by atoms with van der Waals surface area (Å²) in [7, 11) is 1.63. The van der Waals surface area contributed by atoms with Crippen LogP contribution < -0.4 is 10.1 Å². The third-order valence-corrected chi connectivity index (χ3v) is 4.42. The summed E-state index contributed by atoms with van der Waals surface area (Å²) in [6, 6.07) is 15.4. The molecule has 5 nitrogen and oxygen atoms in total. The topological polar surface area (TPSA) is 55.6 Å². The Morgan fingerprint density at radius 3 is 2.83 bits per heavy atom. The molecular weight excluding hydrogens is 290 g/mol. The van der Waals surface area contributed by atoms with E-state index >= 15 is 0 Å². The number of nitrogens with zero attached hydrogens (tertiary/aromatic N) is 2. The van der Waals surface area contributed by atoms with Crippen LogP contribution in [0.5, 0.6) is 5.75 Å². The lowest BCUT2D eigenvalue weighted by Crippen LogP contribution is -2.28. The Balaban J connectivity index is 1.60. The number of fused-ring (bicyclic) bond motifs is 1. The molecule has 1 aromatic carbocycles. The van der Waals surface area contributed by atoms with Gasteiger partial charge in [0, 0.05) is 12.3 Å². The number of nitrogens with one attached hydrogen (secondary N) is 1. The fraction of sp³-hybridized carbons (Fsp3) is 0.222. The first-order chi connectivity index (χ1) is 11.2. The van der Waals surface area contributed by atoms with Gasteiger partial charge in [0.2, 0.25) is 5.91 Å². The highest BCUT2D eigenvalue weighted by atomic mass is 16.5. The number of ether oxygens (including phenoxy) is 1. The number of hydrogen-bond donors (Lipinski definition) is 1. The van der Waals surface area contributed by atoms with Crippen molar-refractivity contribution >= 4 is 17.2 Å². The highest BCUT2D eigenvalue weighted by Crippen LogP contribution is 2.49. The molecule has 0 unspecified atom stereocenters. The maximum atomic E-state index is 12.8. The first-order valence-corrected chi connectivity index (χ1v) is 7.62. The molecule has 2 aromatic heterocycles. The molecule has 1 amide bonds. The van der Waals surface area contributed by atoms with E-state index in [1.807, 2.05) is 54.7 Å². The summed E-state index contributed by atoms with van der Waals surface area (Å²) in [5.74, 6) is 1.35. The predicted molar refractivity (Wildman–Crippen MR) is 87.7 cm³/mol. The Bertz CT molecular complexity index is 848. The second-order valence-corrected chi connectivity index (χ2v) is 5.87. The quantitative estimate of drug-likeness (QED) is 0.806. The van der Waals surface area contributed by atoms with Crippen molar-refractivity contribution in [2.75, 3.05) is 12.4 Å². The number of hydrogen-bond acceptors (Lipinski definition) is 3. The lowest BCUT2D eigenvalue weighted by molar-refractivity contribution is -0.118. The summed E-state index contributed by atoms with van der Waals surface area (Å²) in [4.78, 5) is 12.8.